The summed E-state index contributed by atoms with van der Waals surface area (Å²) < 4.78 is 0. The van der Waals surface area contributed by atoms with Gasteiger partial charge in [-0.05, 0) is 12.1 Å². The summed E-state index contributed by atoms with van der Waals surface area (Å²) in [6.07, 6.45) is 3.22. The molecule has 4 nitrogen and oxygen atoms in total. The predicted molar refractivity (Wildman–Crippen MR) is 77.7 cm³/mol. The first kappa shape index (κ1) is 13.5. The van der Waals surface area contributed by atoms with E-state index in [1.807, 2.05) is 18.2 Å². The fourth-order valence-corrected chi connectivity index (χ4v) is 1.98. The van der Waals surface area contributed by atoms with Gasteiger partial charge in [0.25, 0.3) is 0 Å². The molecule has 0 unspecified atom stereocenters. The molecule has 5 heteroatoms. The summed E-state index contributed by atoms with van der Waals surface area (Å²) in [6, 6.07) is 9.19. The maximum Gasteiger partial charge on any atom is 0.0756 e. The number of halogens is 1. The summed E-state index contributed by atoms with van der Waals surface area (Å²) in [5, 5.41) is 9.56. The van der Waals surface area contributed by atoms with Crippen LogP contribution in [0.3, 0.4) is 0 Å². The van der Waals surface area contributed by atoms with Crippen LogP contribution in [0.2, 0.25) is 5.02 Å². The van der Waals surface area contributed by atoms with Crippen LogP contribution in [0.4, 0.5) is 5.69 Å². The van der Waals surface area contributed by atoms with Gasteiger partial charge in [0.1, 0.15) is 0 Å². The Hall–Kier alpha value is -1.91. The van der Waals surface area contributed by atoms with Crippen molar-refractivity contribution in [3.8, 4) is 0 Å². The molecule has 1 aromatic heterocycles. The highest BCUT2D eigenvalue weighted by Crippen LogP contribution is 2.22. The van der Waals surface area contributed by atoms with Gasteiger partial charge in [-0.3, -0.25) is 9.98 Å². The van der Waals surface area contributed by atoms with E-state index in [4.69, 9.17) is 22.4 Å². The Morgan fingerprint density at radius 1 is 1.26 bits per heavy atom. The van der Waals surface area contributed by atoms with E-state index in [0.717, 1.165) is 11.1 Å². The minimum absolute atomic E-state index is 0.0288. The predicted octanol–water partition coefficient (Wildman–Crippen LogP) is 2.15. The van der Waals surface area contributed by atoms with Crippen LogP contribution in [0.15, 0.2) is 47.7 Å². The highest BCUT2D eigenvalue weighted by atomic mass is 35.5. The smallest absolute Gasteiger partial charge is 0.0756 e. The number of pyridine rings is 1. The Labute approximate surface area is 116 Å². The maximum atomic E-state index is 8.96. The molecule has 0 radical (unpaired) electrons. The topological polar surface area (TPSA) is 71.5 Å². The van der Waals surface area contributed by atoms with E-state index in [2.05, 4.69) is 9.98 Å². The molecule has 3 N–H and O–H groups in total. The van der Waals surface area contributed by atoms with Crippen LogP contribution in [0.25, 0.3) is 0 Å². The maximum absolute atomic E-state index is 8.96. The van der Waals surface area contributed by atoms with Crippen molar-refractivity contribution in [3.63, 3.8) is 0 Å². The van der Waals surface area contributed by atoms with Gasteiger partial charge in [-0.1, -0.05) is 29.8 Å². The molecule has 0 bridgehead atoms. The van der Waals surface area contributed by atoms with E-state index in [9.17, 15) is 0 Å². The molecule has 0 spiro atoms. The molecule has 2 aromatic rings. The largest absolute Gasteiger partial charge is 0.397 e. The van der Waals surface area contributed by atoms with Gasteiger partial charge in [-0.25, -0.2) is 0 Å². The van der Waals surface area contributed by atoms with E-state index in [1.54, 1.807) is 24.5 Å². The van der Waals surface area contributed by atoms with E-state index in [1.165, 1.54) is 0 Å². The van der Waals surface area contributed by atoms with Gasteiger partial charge in [0.2, 0.25) is 0 Å². The van der Waals surface area contributed by atoms with E-state index < -0.39 is 0 Å². The Morgan fingerprint density at radius 2 is 2.05 bits per heavy atom. The minimum Gasteiger partial charge on any atom is -0.397 e. The van der Waals surface area contributed by atoms with Crippen molar-refractivity contribution in [2.75, 3.05) is 18.9 Å². The van der Waals surface area contributed by atoms with Crippen molar-refractivity contribution in [3.05, 3.63) is 58.9 Å². The van der Waals surface area contributed by atoms with Gasteiger partial charge in [-0.15, -0.1) is 0 Å². The number of aliphatic imine (C=N–C) groups is 1. The normalized spacial score (nSPS) is 11.6. The lowest BCUT2D eigenvalue weighted by molar-refractivity contribution is 0.307. The third-order valence-electron chi connectivity index (χ3n) is 2.61. The second kappa shape index (κ2) is 6.31. The molecule has 0 aliphatic rings. The van der Waals surface area contributed by atoms with E-state index >= 15 is 0 Å². The van der Waals surface area contributed by atoms with Crippen LogP contribution in [-0.4, -0.2) is 29.0 Å². The number of hydrogen-bond acceptors (Lipinski definition) is 4. The second-order valence-corrected chi connectivity index (χ2v) is 4.30. The van der Waals surface area contributed by atoms with Crippen LogP contribution in [0.1, 0.15) is 11.1 Å². The molecule has 1 heterocycles. The zero-order valence-electron chi connectivity index (χ0n) is 10.3. The summed E-state index contributed by atoms with van der Waals surface area (Å²) in [5.41, 5.74) is 8.67. The third kappa shape index (κ3) is 3.10. The summed E-state index contributed by atoms with van der Waals surface area (Å²) in [6.45, 7) is 0.265. The first-order chi connectivity index (χ1) is 9.24. The van der Waals surface area contributed by atoms with Gasteiger partial charge < -0.3 is 10.8 Å². The lowest BCUT2D eigenvalue weighted by Gasteiger charge is -2.11. The van der Waals surface area contributed by atoms with Crippen molar-refractivity contribution in [1.29, 1.82) is 0 Å². The first-order valence-electron chi connectivity index (χ1n) is 5.84. The highest BCUT2D eigenvalue weighted by molar-refractivity contribution is 6.35. The number of aliphatic hydroxyl groups is 1. The summed E-state index contributed by atoms with van der Waals surface area (Å²) in [7, 11) is 0. The van der Waals surface area contributed by atoms with E-state index in [-0.39, 0.29) is 6.61 Å². The molecule has 0 saturated heterocycles. The standard InChI is InChI=1S/C14H14ClN3O/c15-12-4-2-1-3-10(12)14(18-7-8-19)11-5-6-17-9-13(11)16/h1-6,9,19H,7-8,16H2. The quantitative estimate of drug-likeness (QED) is 0.840. The number of rotatable bonds is 4. The van der Waals surface area contributed by atoms with Crippen molar-refractivity contribution < 1.29 is 5.11 Å². The number of nitrogens with zero attached hydrogens (tertiary/aromatic N) is 2. The molecule has 0 atom stereocenters. The SMILES string of the molecule is Nc1cnccc1C(=NCCO)c1ccccc1Cl. The molecule has 0 amide bonds. The lowest BCUT2D eigenvalue weighted by Crippen LogP contribution is -2.09. The van der Waals surface area contributed by atoms with Gasteiger partial charge >= 0.3 is 0 Å². The molecule has 0 fully saturated rings. The summed E-state index contributed by atoms with van der Waals surface area (Å²) >= 11 is 6.20. The van der Waals surface area contributed by atoms with Gasteiger partial charge in [-0.2, -0.15) is 0 Å². The molecular formula is C14H14ClN3O. The van der Waals surface area contributed by atoms with Crippen molar-refractivity contribution in [2.45, 2.75) is 0 Å². The van der Waals surface area contributed by atoms with Crippen LogP contribution < -0.4 is 5.73 Å². The number of nitrogen functional groups attached to an aromatic ring is 1. The number of anilines is 1. The van der Waals surface area contributed by atoms with Crippen molar-refractivity contribution in [1.82, 2.24) is 4.98 Å². The van der Waals surface area contributed by atoms with E-state index in [0.29, 0.717) is 23.0 Å². The summed E-state index contributed by atoms with van der Waals surface area (Å²) in [4.78, 5) is 8.34. The number of aliphatic hydroxyl groups excluding tert-OH is 1. The second-order valence-electron chi connectivity index (χ2n) is 3.90. The average molecular weight is 276 g/mol. The molecule has 0 aliphatic carbocycles. The molecule has 0 saturated carbocycles. The zero-order valence-corrected chi connectivity index (χ0v) is 11.0. The fourth-order valence-electron chi connectivity index (χ4n) is 1.75. The average Bonchev–Trinajstić information content (AvgIpc) is 2.42. The lowest BCUT2D eigenvalue weighted by atomic mass is 10.0. The first-order valence-corrected chi connectivity index (χ1v) is 6.22. The van der Waals surface area contributed by atoms with Crippen LogP contribution in [-0.2, 0) is 0 Å². The Bertz CT molecular complexity index is 551. The number of hydrogen-bond donors (Lipinski definition) is 2. The number of benzene rings is 1. The van der Waals surface area contributed by atoms with Gasteiger partial charge in [0.05, 0.1) is 30.7 Å². The number of aromatic nitrogens is 1. The van der Waals surface area contributed by atoms with Crippen molar-refractivity contribution in [2.24, 2.45) is 4.99 Å². The monoisotopic (exact) mass is 275 g/mol. The Balaban J connectivity index is 2.55. The molecule has 19 heavy (non-hydrogen) atoms. The Morgan fingerprint density at radius 3 is 2.74 bits per heavy atom. The summed E-state index contributed by atoms with van der Waals surface area (Å²) in [5.74, 6) is 0. The van der Waals surface area contributed by atoms with Crippen LogP contribution in [0, 0.1) is 0 Å². The number of nitrogens with two attached hydrogens (primary N) is 1. The molecular weight excluding hydrogens is 262 g/mol. The van der Waals surface area contributed by atoms with Gasteiger partial charge in [0, 0.05) is 22.3 Å². The molecule has 98 valence electrons. The molecule has 2 rings (SSSR count). The molecule has 0 aliphatic heterocycles. The minimum atomic E-state index is -0.0288. The highest BCUT2D eigenvalue weighted by Gasteiger charge is 2.12. The van der Waals surface area contributed by atoms with Crippen molar-refractivity contribution >= 4 is 23.0 Å². The fraction of sp³-hybridized carbons (Fsp3) is 0.143. The van der Waals surface area contributed by atoms with Crippen LogP contribution >= 0.6 is 11.6 Å². The Kier molecular flexibility index (Phi) is 4.49. The van der Waals surface area contributed by atoms with Crippen LogP contribution in [0.5, 0.6) is 0 Å². The zero-order chi connectivity index (χ0) is 13.7. The third-order valence-corrected chi connectivity index (χ3v) is 2.94. The van der Waals surface area contributed by atoms with Gasteiger partial charge in [0.15, 0.2) is 0 Å². The molecule has 1 aromatic carbocycles.